The molecule has 0 bridgehead atoms. The minimum absolute atomic E-state index is 0.146. The Morgan fingerprint density at radius 3 is 2.44 bits per heavy atom. The van der Waals surface area contributed by atoms with Crippen LogP contribution in [0.5, 0.6) is 0 Å². The number of nitrogens with one attached hydrogen (secondary N) is 1. The van der Waals surface area contributed by atoms with Crippen LogP contribution in [0.1, 0.15) is 5.69 Å². The third-order valence-corrected chi connectivity index (χ3v) is 4.56. The first-order chi connectivity index (χ1) is 8.29. The van der Waals surface area contributed by atoms with Crippen molar-refractivity contribution in [3.05, 3.63) is 30.1 Å². The molecule has 1 aromatic heterocycles. The van der Waals surface area contributed by atoms with E-state index in [0.29, 0.717) is 5.69 Å². The van der Waals surface area contributed by atoms with Crippen molar-refractivity contribution in [1.82, 2.24) is 9.71 Å². The Morgan fingerprint density at radius 1 is 1.17 bits per heavy atom. The van der Waals surface area contributed by atoms with Gasteiger partial charge >= 0.3 is 0 Å². The van der Waals surface area contributed by atoms with Gasteiger partial charge in [-0.05, 0) is 12.1 Å². The number of hydrogen-bond donors (Lipinski definition) is 1. The van der Waals surface area contributed by atoms with Gasteiger partial charge in [-0.2, -0.15) is 0 Å². The quantitative estimate of drug-likeness (QED) is 0.721. The van der Waals surface area contributed by atoms with Gasteiger partial charge in [-0.1, -0.05) is 6.07 Å². The second-order valence-corrected chi connectivity index (χ2v) is 8.35. The summed E-state index contributed by atoms with van der Waals surface area (Å²) in [7, 11) is -2.23. The Balaban J connectivity index is 2.41. The summed E-state index contributed by atoms with van der Waals surface area (Å²) in [6, 6.07) is 5.22. The summed E-state index contributed by atoms with van der Waals surface area (Å²) in [5, 5.41) is 0. The molecule has 0 spiro atoms. The SMILES string of the molecule is O=S(=O)(Cl)CCNS(=O)(=O)CCc1ccccn1. The molecule has 0 fully saturated rings. The van der Waals surface area contributed by atoms with Crippen molar-refractivity contribution in [2.45, 2.75) is 6.42 Å². The van der Waals surface area contributed by atoms with Crippen LogP contribution in [0, 0.1) is 0 Å². The molecule has 9 heteroatoms. The first-order valence-electron chi connectivity index (χ1n) is 5.08. The van der Waals surface area contributed by atoms with E-state index in [1.165, 1.54) is 0 Å². The Morgan fingerprint density at radius 2 is 1.89 bits per heavy atom. The molecule has 18 heavy (non-hydrogen) atoms. The van der Waals surface area contributed by atoms with Gasteiger partial charge < -0.3 is 0 Å². The van der Waals surface area contributed by atoms with Gasteiger partial charge in [0.25, 0.3) is 0 Å². The molecule has 0 amide bonds. The molecule has 102 valence electrons. The third kappa shape index (κ3) is 6.90. The van der Waals surface area contributed by atoms with Gasteiger partial charge in [0.05, 0.1) is 11.5 Å². The first kappa shape index (κ1) is 15.4. The lowest BCUT2D eigenvalue weighted by Gasteiger charge is -2.05. The normalized spacial score (nSPS) is 12.5. The molecule has 1 aromatic rings. The molecule has 0 atom stereocenters. The van der Waals surface area contributed by atoms with Crippen molar-refractivity contribution in [2.75, 3.05) is 18.1 Å². The summed E-state index contributed by atoms with van der Waals surface area (Å²) < 4.78 is 46.4. The number of aryl methyl sites for hydroxylation is 1. The number of halogens is 1. The largest absolute Gasteiger partial charge is 0.261 e. The van der Waals surface area contributed by atoms with Gasteiger partial charge in [-0.25, -0.2) is 21.6 Å². The van der Waals surface area contributed by atoms with Crippen molar-refractivity contribution < 1.29 is 16.8 Å². The molecule has 0 aliphatic rings. The maximum Gasteiger partial charge on any atom is 0.233 e. The van der Waals surface area contributed by atoms with E-state index < -0.39 is 24.8 Å². The van der Waals surface area contributed by atoms with Crippen LogP contribution in [-0.4, -0.2) is 39.9 Å². The van der Waals surface area contributed by atoms with Crippen molar-refractivity contribution >= 4 is 29.8 Å². The predicted molar refractivity (Wildman–Crippen MR) is 69.4 cm³/mol. The number of rotatable bonds is 7. The average molecular weight is 313 g/mol. The van der Waals surface area contributed by atoms with E-state index in [2.05, 4.69) is 9.71 Å². The highest BCUT2D eigenvalue weighted by Crippen LogP contribution is 1.98. The standard InChI is InChI=1S/C9H13ClN2O4S2/c10-17(13,14)8-6-12-18(15,16)7-4-9-3-1-2-5-11-9/h1-3,5,12H,4,6-8H2. The molecule has 1 rings (SSSR count). The van der Waals surface area contributed by atoms with Crippen LogP contribution in [-0.2, 0) is 25.5 Å². The molecule has 0 aliphatic carbocycles. The maximum atomic E-state index is 11.5. The zero-order valence-corrected chi connectivity index (χ0v) is 11.8. The van der Waals surface area contributed by atoms with Gasteiger partial charge in [0.1, 0.15) is 0 Å². The third-order valence-electron chi connectivity index (χ3n) is 2.02. The van der Waals surface area contributed by atoms with E-state index >= 15 is 0 Å². The summed E-state index contributed by atoms with van der Waals surface area (Å²) in [6.07, 6.45) is 1.85. The highest BCUT2D eigenvalue weighted by Gasteiger charge is 2.12. The van der Waals surface area contributed by atoms with E-state index in [9.17, 15) is 16.8 Å². The van der Waals surface area contributed by atoms with Crippen molar-refractivity contribution in [3.8, 4) is 0 Å². The Bertz CT molecular complexity index is 572. The van der Waals surface area contributed by atoms with Crippen LogP contribution in [0.4, 0.5) is 0 Å². The van der Waals surface area contributed by atoms with Gasteiger partial charge in [0.2, 0.25) is 19.1 Å². The summed E-state index contributed by atoms with van der Waals surface area (Å²) in [6.45, 7) is -0.226. The second kappa shape index (κ2) is 6.46. The molecule has 0 saturated carbocycles. The fraction of sp³-hybridized carbons (Fsp3) is 0.444. The summed E-state index contributed by atoms with van der Waals surface area (Å²) in [5.41, 5.74) is 0.660. The van der Waals surface area contributed by atoms with E-state index in [0.717, 1.165) is 0 Å². The Hall–Kier alpha value is -0.700. The molecule has 0 aliphatic heterocycles. The number of sulfonamides is 1. The van der Waals surface area contributed by atoms with Crippen molar-refractivity contribution in [2.24, 2.45) is 0 Å². The second-order valence-electron chi connectivity index (χ2n) is 3.53. The van der Waals surface area contributed by atoms with Gasteiger partial charge in [0, 0.05) is 35.5 Å². The molecule has 0 unspecified atom stereocenters. The number of hydrogen-bond acceptors (Lipinski definition) is 5. The summed E-state index contributed by atoms with van der Waals surface area (Å²) >= 11 is 0. The zero-order chi connectivity index (χ0) is 13.6. The summed E-state index contributed by atoms with van der Waals surface area (Å²) in [4.78, 5) is 3.99. The minimum atomic E-state index is -3.68. The van der Waals surface area contributed by atoms with Gasteiger partial charge in [-0.15, -0.1) is 0 Å². The summed E-state index contributed by atoms with van der Waals surface area (Å²) in [5.74, 6) is -0.580. The Labute approximate surface area is 111 Å². The fourth-order valence-corrected chi connectivity index (χ4v) is 2.92. The molecule has 0 saturated heterocycles. The van der Waals surface area contributed by atoms with Crippen LogP contribution in [0.15, 0.2) is 24.4 Å². The lowest BCUT2D eigenvalue weighted by molar-refractivity contribution is 0.581. The van der Waals surface area contributed by atoms with Crippen LogP contribution < -0.4 is 4.72 Å². The van der Waals surface area contributed by atoms with Crippen LogP contribution in [0.2, 0.25) is 0 Å². The van der Waals surface area contributed by atoms with Crippen LogP contribution >= 0.6 is 10.7 Å². The minimum Gasteiger partial charge on any atom is -0.261 e. The highest BCUT2D eigenvalue weighted by molar-refractivity contribution is 8.13. The van der Waals surface area contributed by atoms with E-state index in [1.54, 1.807) is 24.4 Å². The molecular formula is C9H13ClN2O4S2. The highest BCUT2D eigenvalue weighted by atomic mass is 35.7. The zero-order valence-electron chi connectivity index (χ0n) is 9.41. The lowest BCUT2D eigenvalue weighted by atomic mass is 10.3. The van der Waals surface area contributed by atoms with Gasteiger partial charge in [-0.3, -0.25) is 4.98 Å². The number of aromatic nitrogens is 1. The fourth-order valence-electron chi connectivity index (χ4n) is 1.18. The smallest absolute Gasteiger partial charge is 0.233 e. The maximum absolute atomic E-state index is 11.5. The first-order valence-corrected chi connectivity index (χ1v) is 9.21. The molecule has 0 aromatic carbocycles. The van der Waals surface area contributed by atoms with Crippen LogP contribution in [0.3, 0.4) is 0 Å². The van der Waals surface area contributed by atoms with Crippen molar-refractivity contribution in [3.63, 3.8) is 0 Å². The Kier molecular flexibility index (Phi) is 5.51. The van der Waals surface area contributed by atoms with Crippen LogP contribution in [0.25, 0.3) is 0 Å². The predicted octanol–water partition coefficient (Wildman–Crippen LogP) is 0.112. The van der Waals surface area contributed by atoms with E-state index in [4.69, 9.17) is 10.7 Å². The molecular weight excluding hydrogens is 300 g/mol. The molecule has 6 nitrogen and oxygen atoms in total. The van der Waals surface area contributed by atoms with E-state index in [1.807, 2.05) is 0 Å². The molecule has 1 heterocycles. The topological polar surface area (TPSA) is 93.2 Å². The molecule has 0 radical (unpaired) electrons. The monoisotopic (exact) mass is 312 g/mol. The number of nitrogens with zero attached hydrogens (tertiary/aromatic N) is 1. The van der Waals surface area contributed by atoms with E-state index in [-0.39, 0.29) is 18.7 Å². The average Bonchev–Trinajstić information content (AvgIpc) is 2.26. The van der Waals surface area contributed by atoms with Crippen molar-refractivity contribution in [1.29, 1.82) is 0 Å². The number of pyridine rings is 1. The van der Waals surface area contributed by atoms with Gasteiger partial charge in [0.15, 0.2) is 0 Å². The lowest BCUT2D eigenvalue weighted by Crippen LogP contribution is -2.31. The molecule has 1 N–H and O–H groups in total.